The van der Waals surface area contributed by atoms with Gasteiger partial charge in [0.1, 0.15) is 5.82 Å². The van der Waals surface area contributed by atoms with E-state index in [4.69, 9.17) is 5.11 Å². The number of rotatable bonds is 5. The molecule has 0 atom stereocenters. The number of benzene rings is 1. The molecule has 0 saturated carbocycles. The zero-order valence-electron chi connectivity index (χ0n) is 10.9. The van der Waals surface area contributed by atoms with Gasteiger partial charge in [0.2, 0.25) is 0 Å². The molecule has 2 aromatic rings. The molecule has 1 aromatic carbocycles. The summed E-state index contributed by atoms with van der Waals surface area (Å²) in [7, 11) is 0. The molecule has 1 aromatic heterocycles. The van der Waals surface area contributed by atoms with Crippen molar-refractivity contribution in [1.29, 1.82) is 0 Å². The topological polar surface area (TPSA) is 62.2 Å². The van der Waals surface area contributed by atoms with Crippen molar-refractivity contribution in [3.8, 4) is 0 Å². The number of pyridine rings is 1. The van der Waals surface area contributed by atoms with Gasteiger partial charge in [0.25, 0.3) is 0 Å². The summed E-state index contributed by atoms with van der Waals surface area (Å²) >= 11 is 0. The summed E-state index contributed by atoms with van der Waals surface area (Å²) in [6.45, 7) is 0.114. The number of halogens is 3. The molecule has 2 N–H and O–H groups in total. The second kappa shape index (κ2) is 5.99. The van der Waals surface area contributed by atoms with Gasteiger partial charge in [0, 0.05) is 29.9 Å². The van der Waals surface area contributed by atoms with Crippen molar-refractivity contribution in [2.45, 2.75) is 19.0 Å². The number of fused-ring (bicyclic) bond motifs is 1. The Morgan fingerprint density at radius 3 is 2.52 bits per heavy atom. The third-order valence-electron chi connectivity index (χ3n) is 2.95. The van der Waals surface area contributed by atoms with E-state index in [-0.39, 0.29) is 18.5 Å². The van der Waals surface area contributed by atoms with Gasteiger partial charge < -0.3 is 10.4 Å². The number of carbonyl (C=O) groups is 1. The summed E-state index contributed by atoms with van der Waals surface area (Å²) in [6.07, 6.45) is -3.91. The van der Waals surface area contributed by atoms with Gasteiger partial charge in [-0.2, -0.15) is 13.2 Å². The Bertz CT molecular complexity index is 656. The molecule has 7 heteroatoms. The number of aromatic nitrogens is 1. The van der Waals surface area contributed by atoms with Crippen LogP contribution in [0.1, 0.15) is 23.2 Å². The lowest BCUT2D eigenvalue weighted by Gasteiger charge is -2.11. The first-order chi connectivity index (χ1) is 9.88. The van der Waals surface area contributed by atoms with Crippen LogP contribution in [-0.2, 0) is 0 Å². The minimum Gasteiger partial charge on any atom is -0.478 e. The Hall–Kier alpha value is -2.31. The van der Waals surface area contributed by atoms with E-state index < -0.39 is 18.6 Å². The lowest BCUT2D eigenvalue weighted by molar-refractivity contribution is -0.134. The summed E-state index contributed by atoms with van der Waals surface area (Å²) < 4.78 is 36.2. The molecule has 0 aliphatic heterocycles. The van der Waals surface area contributed by atoms with Crippen molar-refractivity contribution in [2.75, 3.05) is 11.9 Å². The van der Waals surface area contributed by atoms with Crippen molar-refractivity contribution >= 4 is 22.6 Å². The number of hydrogen-bond acceptors (Lipinski definition) is 3. The Kier molecular flexibility index (Phi) is 4.30. The van der Waals surface area contributed by atoms with Gasteiger partial charge in [-0.3, -0.25) is 0 Å². The van der Waals surface area contributed by atoms with Gasteiger partial charge in [0.05, 0.1) is 5.56 Å². The molecule has 2 rings (SSSR count). The molecule has 0 fully saturated rings. The molecule has 0 saturated heterocycles. The summed E-state index contributed by atoms with van der Waals surface area (Å²) in [4.78, 5) is 15.1. The fraction of sp³-hybridized carbons (Fsp3) is 0.286. The molecule has 0 bridgehead atoms. The standard InChI is InChI=1S/C14H13F3N2O2/c15-14(16,17)6-3-7-18-12-10-5-2-1-4-9(10)11(8-19-12)13(20)21/h1-2,4-5,8H,3,6-7H2,(H,18,19)(H,20,21). The zero-order chi connectivity index (χ0) is 15.5. The highest BCUT2D eigenvalue weighted by Gasteiger charge is 2.25. The predicted molar refractivity (Wildman–Crippen MR) is 72.5 cm³/mol. The fourth-order valence-corrected chi connectivity index (χ4v) is 2.00. The van der Waals surface area contributed by atoms with E-state index in [0.29, 0.717) is 16.6 Å². The van der Waals surface area contributed by atoms with Crippen LogP contribution in [0.3, 0.4) is 0 Å². The first kappa shape index (κ1) is 15.1. The molecule has 0 spiro atoms. The lowest BCUT2D eigenvalue weighted by Crippen LogP contribution is -2.12. The van der Waals surface area contributed by atoms with Crippen LogP contribution in [0.5, 0.6) is 0 Å². The van der Waals surface area contributed by atoms with Crippen LogP contribution < -0.4 is 5.32 Å². The second-order valence-corrected chi connectivity index (χ2v) is 4.52. The molecular formula is C14H13F3N2O2. The molecule has 0 aliphatic rings. The summed E-state index contributed by atoms with van der Waals surface area (Å²) in [5.41, 5.74) is 0.0615. The molecule has 112 valence electrons. The fourth-order valence-electron chi connectivity index (χ4n) is 2.00. The zero-order valence-corrected chi connectivity index (χ0v) is 10.9. The van der Waals surface area contributed by atoms with E-state index in [1.54, 1.807) is 24.3 Å². The molecule has 4 nitrogen and oxygen atoms in total. The normalized spacial score (nSPS) is 11.6. The smallest absolute Gasteiger partial charge is 0.389 e. The van der Waals surface area contributed by atoms with Gasteiger partial charge in [-0.05, 0) is 6.42 Å². The Morgan fingerprint density at radius 1 is 1.24 bits per heavy atom. The average molecular weight is 298 g/mol. The van der Waals surface area contributed by atoms with Gasteiger partial charge in [-0.15, -0.1) is 0 Å². The quantitative estimate of drug-likeness (QED) is 0.826. The highest BCUT2D eigenvalue weighted by atomic mass is 19.4. The van der Waals surface area contributed by atoms with Crippen LogP contribution in [0.2, 0.25) is 0 Å². The molecule has 0 amide bonds. The molecule has 0 radical (unpaired) electrons. The summed E-state index contributed by atoms with van der Waals surface area (Å²) in [5, 5.41) is 13.0. The molecular weight excluding hydrogens is 285 g/mol. The van der Waals surface area contributed by atoms with E-state index in [9.17, 15) is 18.0 Å². The second-order valence-electron chi connectivity index (χ2n) is 4.52. The SMILES string of the molecule is O=C(O)c1cnc(NCCCC(F)(F)F)c2ccccc12. The average Bonchev–Trinajstić information content (AvgIpc) is 2.42. The van der Waals surface area contributed by atoms with Gasteiger partial charge in [-0.25, -0.2) is 9.78 Å². The van der Waals surface area contributed by atoms with Crippen LogP contribution >= 0.6 is 0 Å². The van der Waals surface area contributed by atoms with Crippen LogP contribution in [0.25, 0.3) is 10.8 Å². The maximum absolute atomic E-state index is 12.1. The van der Waals surface area contributed by atoms with E-state index in [1.165, 1.54) is 6.20 Å². The predicted octanol–water partition coefficient (Wildman–Crippen LogP) is 3.69. The third kappa shape index (κ3) is 3.84. The summed E-state index contributed by atoms with van der Waals surface area (Å²) in [6, 6.07) is 6.74. The highest BCUT2D eigenvalue weighted by molar-refractivity contribution is 6.06. The van der Waals surface area contributed by atoms with Crippen LogP contribution in [0, 0.1) is 0 Å². The first-order valence-electron chi connectivity index (χ1n) is 6.30. The van der Waals surface area contributed by atoms with Crippen molar-refractivity contribution in [3.63, 3.8) is 0 Å². The molecule has 0 unspecified atom stereocenters. The van der Waals surface area contributed by atoms with E-state index in [0.717, 1.165) is 0 Å². The number of hydrogen-bond donors (Lipinski definition) is 2. The van der Waals surface area contributed by atoms with Gasteiger partial charge in [-0.1, -0.05) is 24.3 Å². The highest BCUT2D eigenvalue weighted by Crippen LogP contribution is 2.25. The van der Waals surface area contributed by atoms with Gasteiger partial charge >= 0.3 is 12.1 Å². The van der Waals surface area contributed by atoms with Crippen molar-refractivity contribution in [1.82, 2.24) is 4.98 Å². The lowest BCUT2D eigenvalue weighted by atomic mass is 10.1. The number of nitrogens with zero attached hydrogens (tertiary/aromatic N) is 1. The van der Waals surface area contributed by atoms with E-state index in [2.05, 4.69) is 10.3 Å². The molecule has 21 heavy (non-hydrogen) atoms. The number of nitrogens with one attached hydrogen (secondary N) is 1. The van der Waals surface area contributed by atoms with Crippen LogP contribution in [0.15, 0.2) is 30.5 Å². The number of carboxylic acid groups (broad SMARTS) is 1. The van der Waals surface area contributed by atoms with Crippen LogP contribution in [-0.4, -0.2) is 28.8 Å². The monoisotopic (exact) mass is 298 g/mol. The van der Waals surface area contributed by atoms with Crippen LogP contribution in [0.4, 0.5) is 19.0 Å². The van der Waals surface area contributed by atoms with Crippen molar-refractivity contribution in [2.24, 2.45) is 0 Å². The molecule has 1 heterocycles. The maximum atomic E-state index is 12.1. The molecule has 0 aliphatic carbocycles. The maximum Gasteiger partial charge on any atom is 0.389 e. The van der Waals surface area contributed by atoms with E-state index in [1.807, 2.05) is 0 Å². The van der Waals surface area contributed by atoms with Crippen molar-refractivity contribution < 1.29 is 23.1 Å². The number of anilines is 1. The number of carboxylic acids is 1. The van der Waals surface area contributed by atoms with Crippen molar-refractivity contribution in [3.05, 3.63) is 36.0 Å². The Morgan fingerprint density at radius 2 is 1.90 bits per heavy atom. The van der Waals surface area contributed by atoms with Gasteiger partial charge in [0.15, 0.2) is 0 Å². The largest absolute Gasteiger partial charge is 0.478 e. The number of aromatic carboxylic acids is 1. The van der Waals surface area contributed by atoms with E-state index >= 15 is 0 Å². The summed E-state index contributed by atoms with van der Waals surface area (Å²) in [5.74, 6) is -0.708. The third-order valence-corrected chi connectivity index (χ3v) is 2.95. The number of alkyl halides is 3. The minimum absolute atomic E-state index is 0.0615. The Labute approximate surface area is 118 Å². The Balaban J connectivity index is 2.18. The minimum atomic E-state index is -4.18. The first-order valence-corrected chi connectivity index (χ1v) is 6.30.